The van der Waals surface area contributed by atoms with E-state index in [0.717, 1.165) is 4.90 Å². The average molecular weight is 386 g/mol. The molecule has 0 fully saturated rings. The first-order chi connectivity index (χ1) is 12.6. The molecule has 3 aromatic rings. The van der Waals surface area contributed by atoms with Gasteiger partial charge >= 0.3 is 0 Å². The summed E-state index contributed by atoms with van der Waals surface area (Å²) < 4.78 is 27.2. The maximum absolute atomic E-state index is 14.2. The van der Waals surface area contributed by atoms with E-state index < -0.39 is 0 Å². The highest BCUT2D eigenvalue weighted by molar-refractivity contribution is 8.02. The number of nitrogens with zero attached hydrogens (tertiary/aromatic N) is 1. The minimum atomic E-state index is -0.350. The molecule has 0 aliphatic rings. The van der Waals surface area contributed by atoms with E-state index in [0.29, 0.717) is 22.0 Å². The average Bonchev–Trinajstić information content (AvgIpc) is 2.65. The molecule has 130 valence electrons. The van der Waals surface area contributed by atoms with Gasteiger partial charge in [0.2, 0.25) is 0 Å². The molecule has 0 aliphatic heterocycles. The van der Waals surface area contributed by atoms with Crippen molar-refractivity contribution in [1.29, 1.82) is 0 Å². The standard InChI is InChI=1S/C21H14ClF2NS/c22-15-5-9-17(10-6-15)25-21(19-3-1-2-4-20(19)24)13-14-26-18-11-7-16(23)8-12-18/h1-14H. The molecule has 0 aromatic heterocycles. The minimum Gasteiger partial charge on any atom is -0.248 e. The van der Waals surface area contributed by atoms with Gasteiger partial charge in [0, 0.05) is 15.5 Å². The molecule has 5 heteroatoms. The lowest BCUT2D eigenvalue weighted by atomic mass is 10.1. The predicted molar refractivity (Wildman–Crippen MR) is 105 cm³/mol. The monoisotopic (exact) mass is 385 g/mol. The summed E-state index contributed by atoms with van der Waals surface area (Å²) in [6, 6.07) is 19.6. The van der Waals surface area contributed by atoms with Crippen molar-refractivity contribution in [3.63, 3.8) is 0 Å². The van der Waals surface area contributed by atoms with Gasteiger partial charge in [-0.15, -0.1) is 0 Å². The number of allylic oxidation sites excluding steroid dienone is 1. The van der Waals surface area contributed by atoms with Gasteiger partial charge < -0.3 is 0 Å². The number of aliphatic imine (C=N–C) groups is 1. The largest absolute Gasteiger partial charge is 0.248 e. The van der Waals surface area contributed by atoms with Crippen LogP contribution in [0.15, 0.2) is 94.2 Å². The van der Waals surface area contributed by atoms with Crippen molar-refractivity contribution in [1.82, 2.24) is 0 Å². The third-order valence-corrected chi connectivity index (χ3v) is 4.54. The van der Waals surface area contributed by atoms with Crippen LogP contribution in [0.3, 0.4) is 0 Å². The molecule has 1 nitrogen and oxygen atoms in total. The predicted octanol–water partition coefficient (Wildman–Crippen LogP) is 7.05. The van der Waals surface area contributed by atoms with E-state index in [1.54, 1.807) is 66.1 Å². The molecule has 3 rings (SSSR count). The molecule has 0 radical (unpaired) electrons. The molecular weight excluding hydrogens is 372 g/mol. The summed E-state index contributed by atoms with van der Waals surface area (Å²) in [5.41, 5.74) is 1.56. The second-order valence-electron chi connectivity index (χ2n) is 5.33. The lowest BCUT2D eigenvalue weighted by molar-refractivity contribution is 0.625. The summed E-state index contributed by atoms with van der Waals surface area (Å²) in [7, 11) is 0. The van der Waals surface area contributed by atoms with Gasteiger partial charge in [0.25, 0.3) is 0 Å². The normalized spacial score (nSPS) is 11.9. The molecule has 0 aliphatic carbocycles. The van der Waals surface area contributed by atoms with Gasteiger partial charge in [-0.25, -0.2) is 13.8 Å². The smallest absolute Gasteiger partial charge is 0.132 e. The summed E-state index contributed by atoms with van der Waals surface area (Å²) in [5.74, 6) is -0.633. The molecule has 0 bridgehead atoms. The van der Waals surface area contributed by atoms with Gasteiger partial charge in [-0.05, 0) is 72.1 Å². The fraction of sp³-hybridized carbons (Fsp3) is 0. The zero-order valence-electron chi connectivity index (χ0n) is 13.6. The maximum Gasteiger partial charge on any atom is 0.132 e. The van der Waals surface area contributed by atoms with Gasteiger partial charge in [0.1, 0.15) is 11.6 Å². The summed E-state index contributed by atoms with van der Waals surface area (Å²) in [6.45, 7) is 0. The lowest BCUT2D eigenvalue weighted by Crippen LogP contribution is -1.99. The van der Waals surface area contributed by atoms with E-state index in [9.17, 15) is 8.78 Å². The molecule has 0 atom stereocenters. The Morgan fingerprint density at radius 2 is 1.58 bits per heavy atom. The zero-order chi connectivity index (χ0) is 18.4. The van der Waals surface area contributed by atoms with Crippen LogP contribution in [0.4, 0.5) is 14.5 Å². The second kappa shape index (κ2) is 8.79. The number of hydrogen-bond acceptors (Lipinski definition) is 2. The maximum atomic E-state index is 14.2. The summed E-state index contributed by atoms with van der Waals surface area (Å²) in [4.78, 5) is 5.41. The van der Waals surface area contributed by atoms with Crippen LogP contribution in [0.25, 0.3) is 0 Å². The number of hydrogen-bond donors (Lipinski definition) is 0. The summed E-state index contributed by atoms with van der Waals surface area (Å²) in [6.07, 6.45) is 1.74. The molecule has 0 unspecified atom stereocenters. The van der Waals surface area contributed by atoms with Crippen molar-refractivity contribution in [2.24, 2.45) is 4.99 Å². The van der Waals surface area contributed by atoms with Crippen LogP contribution in [-0.4, -0.2) is 5.71 Å². The highest BCUT2D eigenvalue weighted by atomic mass is 35.5. The van der Waals surface area contributed by atoms with Gasteiger partial charge in [-0.1, -0.05) is 35.5 Å². The van der Waals surface area contributed by atoms with Crippen LogP contribution in [0.5, 0.6) is 0 Å². The Hall–Kier alpha value is -2.43. The molecular formula is C21H14ClF2NS. The number of thioether (sulfide) groups is 1. The summed E-state index contributed by atoms with van der Waals surface area (Å²) >= 11 is 7.30. The molecule has 3 aromatic carbocycles. The lowest BCUT2D eigenvalue weighted by Gasteiger charge is -2.04. The Labute approximate surface area is 160 Å². The number of rotatable bonds is 5. The Bertz CT molecular complexity index is 935. The van der Waals surface area contributed by atoms with Crippen LogP contribution in [0, 0.1) is 11.6 Å². The number of benzene rings is 3. The first-order valence-corrected chi connectivity index (χ1v) is 9.05. The number of halogens is 3. The van der Waals surface area contributed by atoms with E-state index in [-0.39, 0.29) is 11.6 Å². The van der Waals surface area contributed by atoms with E-state index in [1.165, 1.54) is 30.0 Å². The quantitative estimate of drug-likeness (QED) is 0.338. The molecule has 0 spiro atoms. The van der Waals surface area contributed by atoms with Crippen molar-refractivity contribution >= 4 is 34.8 Å². The Balaban J connectivity index is 1.90. The molecule has 0 heterocycles. The first-order valence-electron chi connectivity index (χ1n) is 7.80. The van der Waals surface area contributed by atoms with Crippen LogP contribution in [0.1, 0.15) is 5.56 Å². The van der Waals surface area contributed by atoms with Crippen molar-refractivity contribution in [2.75, 3.05) is 0 Å². The van der Waals surface area contributed by atoms with Crippen molar-refractivity contribution < 1.29 is 8.78 Å². The SMILES string of the molecule is Fc1ccc(SC=CC(=Nc2ccc(Cl)cc2)c2ccccc2F)cc1. The molecule has 0 saturated heterocycles. The van der Waals surface area contributed by atoms with Crippen molar-refractivity contribution in [2.45, 2.75) is 4.90 Å². The van der Waals surface area contributed by atoms with Crippen LogP contribution in [0.2, 0.25) is 5.02 Å². The Morgan fingerprint density at radius 1 is 0.885 bits per heavy atom. The molecule has 0 saturated carbocycles. The first kappa shape index (κ1) is 18.4. The van der Waals surface area contributed by atoms with Crippen LogP contribution in [-0.2, 0) is 0 Å². The Morgan fingerprint density at radius 3 is 2.27 bits per heavy atom. The zero-order valence-corrected chi connectivity index (χ0v) is 15.1. The topological polar surface area (TPSA) is 12.4 Å². The van der Waals surface area contributed by atoms with Gasteiger partial charge in [0.15, 0.2) is 0 Å². The van der Waals surface area contributed by atoms with Gasteiger partial charge in [-0.3, -0.25) is 0 Å². The van der Waals surface area contributed by atoms with Crippen molar-refractivity contribution in [3.05, 3.63) is 107 Å². The minimum absolute atomic E-state index is 0.283. The second-order valence-corrected chi connectivity index (χ2v) is 6.74. The summed E-state index contributed by atoms with van der Waals surface area (Å²) in [5, 5.41) is 2.41. The molecule has 0 amide bonds. The fourth-order valence-corrected chi connectivity index (χ4v) is 2.97. The van der Waals surface area contributed by atoms with E-state index in [1.807, 2.05) is 0 Å². The van der Waals surface area contributed by atoms with Crippen LogP contribution < -0.4 is 0 Å². The van der Waals surface area contributed by atoms with Crippen LogP contribution >= 0.6 is 23.4 Å². The third-order valence-electron chi connectivity index (χ3n) is 3.47. The Kier molecular flexibility index (Phi) is 6.21. The fourth-order valence-electron chi connectivity index (χ4n) is 2.20. The highest BCUT2D eigenvalue weighted by Gasteiger charge is 2.07. The van der Waals surface area contributed by atoms with Gasteiger partial charge in [0.05, 0.1) is 11.4 Å². The highest BCUT2D eigenvalue weighted by Crippen LogP contribution is 2.22. The van der Waals surface area contributed by atoms with E-state index >= 15 is 0 Å². The molecule has 26 heavy (non-hydrogen) atoms. The van der Waals surface area contributed by atoms with E-state index in [4.69, 9.17) is 11.6 Å². The van der Waals surface area contributed by atoms with E-state index in [2.05, 4.69) is 4.99 Å². The van der Waals surface area contributed by atoms with Gasteiger partial charge in [-0.2, -0.15) is 0 Å². The third kappa shape index (κ3) is 5.04. The molecule has 0 N–H and O–H groups in total. The van der Waals surface area contributed by atoms with Crippen molar-refractivity contribution in [3.8, 4) is 0 Å².